The van der Waals surface area contributed by atoms with Crippen LogP contribution in [0.4, 0.5) is 0 Å². The van der Waals surface area contributed by atoms with Gasteiger partial charge in [-0.05, 0) is 43.6 Å². The molecule has 2 aromatic rings. The Bertz CT molecular complexity index is 827. The van der Waals surface area contributed by atoms with Gasteiger partial charge in [-0.15, -0.1) is 0 Å². The Kier molecular flexibility index (Phi) is 4.64. The van der Waals surface area contributed by atoms with E-state index < -0.39 is 11.9 Å². The molecule has 0 radical (unpaired) electrons. The molecule has 142 valence electrons. The fourth-order valence-corrected chi connectivity index (χ4v) is 3.70. The van der Waals surface area contributed by atoms with E-state index in [1.54, 1.807) is 19.3 Å². The lowest BCUT2D eigenvalue weighted by molar-refractivity contribution is -0.134. The summed E-state index contributed by atoms with van der Waals surface area (Å²) in [5, 5.41) is 2.73. The SMILES string of the molecule is C[C@@H](NC(=O)c1ncc(-c2ccccc2)cn1)C(=O)N1CCC2(CC1)CC2.[HH]. The molecule has 2 amide bonds. The van der Waals surface area contributed by atoms with Crippen LogP contribution in [0.15, 0.2) is 42.7 Å². The molecule has 0 unspecified atom stereocenters. The third-order valence-electron chi connectivity index (χ3n) is 5.77. The van der Waals surface area contributed by atoms with E-state index in [1.807, 2.05) is 35.2 Å². The van der Waals surface area contributed by atoms with E-state index in [4.69, 9.17) is 0 Å². The number of hydrogen-bond donors (Lipinski definition) is 1. The summed E-state index contributed by atoms with van der Waals surface area (Å²) < 4.78 is 0. The molecule has 1 atom stereocenters. The summed E-state index contributed by atoms with van der Waals surface area (Å²) in [6.45, 7) is 3.31. The number of amides is 2. The molecule has 1 N–H and O–H groups in total. The van der Waals surface area contributed by atoms with Crippen molar-refractivity contribution in [2.75, 3.05) is 13.1 Å². The van der Waals surface area contributed by atoms with Crippen LogP contribution in [0, 0.1) is 5.41 Å². The zero-order valence-corrected chi connectivity index (χ0v) is 15.5. The van der Waals surface area contributed by atoms with Crippen LogP contribution in [0.3, 0.4) is 0 Å². The van der Waals surface area contributed by atoms with Gasteiger partial charge >= 0.3 is 0 Å². The maximum absolute atomic E-state index is 12.6. The number of benzene rings is 1. The Balaban J connectivity index is 0.00000225. The van der Waals surface area contributed by atoms with Crippen molar-refractivity contribution in [1.82, 2.24) is 20.2 Å². The van der Waals surface area contributed by atoms with Crippen molar-refractivity contribution in [3.63, 3.8) is 0 Å². The van der Waals surface area contributed by atoms with Crippen LogP contribution in [0.25, 0.3) is 11.1 Å². The number of carbonyl (C=O) groups is 2. The van der Waals surface area contributed by atoms with Gasteiger partial charge in [-0.3, -0.25) is 9.59 Å². The van der Waals surface area contributed by atoms with Gasteiger partial charge in [-0.1, -0.05) is 30.3 Å². The van der Waals surface area contributed by atoms with Gasteiger partial charge in [-0.25, -0.2) is 9.97 Å². The lowest BCUT2D eigenvalue weighted by Crippen LogP contribution is -2.49. The van der Waals surface area contributed by atoms with E-state index in [1.165, 1.54) is 12.8 Å². The second kappa shape index (κ2) is 7.10. The van der Waals surface area contributed by atoms with Crippen LogP contribution >= 0.6 is 0 Å². The molecule has 6 nitrogen and oxygen atoms in total. The number of aromatic nitrogens is 2. The predicted octanol–water partition coefficient (Wildman–Crippen LogP) is 2.91. The normalized spacial score (nSPS) is 18.8. The van der Waals surface area contributed by atoms with Gasteiger partial charge in [-0.2, -0.15) is 0 Å². The Morgan fingerprint density at radius 1 is 1.04 bits per heavy atom. The lowest BCUT2D eigenvalue weighted by Gasteiger charge is -2.33. The maximum Gasteiger partial charge on any atom is 0.289 e. The first-order chi connectivity index (χ1) is 13.1. The third kappa shape index (κ3) is 3.84. The number of piperidine rings is 1. The third-order valence-corrected chi connectivity index (χ3v) is 5.77. The van der Waals surface area contributed by atoms with Gasteiger partial charge < -0.3 is 10.2 Å². The largest absolute Gasteiger partial charge is 0.341 e. The maximum atomic E-state index is 12.6. The highest BCUT2D eigenvalue weighted by atomic mass is 16.2. The summed E-state index contributed by atoms with van der Waals surface area (Å²) in [5.74, 6) is -0.379. The van der Waals surface area contributed by atoms with Crippen molar-refractivity contribution >= 4 is 11.8 Å². The second-order valence-corrected chi connectivity index (χ2v) is 7.68. The molecule has 2 heterocycles. The fourth-order valence-electron chi connectivity index (χ4n) is 3.70. The Labute approximate surface area is 160 Å². The van der Waals surface area contributed by atoms with Gasteiger partial charge in [0.05, 0.1) is 0 Å². The Morgan fingerprint density at radius 2 is 1.67 bits per heavy atom. The summed E-state index contributed by atoms with van der Waals surface area (Å²) in [6.07, 6.45) is 8.04. The van der Waals surface area contributed by atoms with Crippen molar-refractivity contribution in [3.8, 4) is 11.1 Å². The second-order valence-electron chi connectivity index (χ2n) is 7.68. The standard InChI is InChI=1S/C21H24N4O2.H2/c1-15(20(27)25-11-9-21(7-8-21)10-12-25)24-19(26)18-22-13-17(14-23-18)16-5-3-2-4-6-16;/h2-6,13-15H,7-12H2,1H3,(H,24,26);1H/t15-;/m1./s1. The van der Waals surface area contributed by atoms with Crippen LogP contribution in [0.5, 0.6) is 0 Å². The molecule has 1 aliphatic heterocycles. The zero-order chi connectivity index (χ0) is 18.9. The molecule has 2 aliphatic rings. The van der Waals surface area contributed by atoms with Gasteiger partial charge in [0, 0.05) is 32.5 Å². The highest BCUT2D eigenvalue weighted by molar-refractivity contribution is 5.94. The summed E-state index contributed by atoms with van der Waals surface area (Å²) in [6, 6.07) is 9.16. The summed E-state index contributed by atoms with van der Waals surface area (Å²) >= 11 is 0. The van der Waals surface area contributed by atoms with E-state index >= 15 is 0 Å². The van der Waals surface area contributed by atoms with E-state index in [2.05, 4.69) is 15.3 Å². The Morgan fingerprint density at radius 3 is 2.26 bits per heavy atom. The summed E-state index contributed by atoms with van der Waals surface area (Å²) in [5.41, 5.74) is 2.36. The molecule has 0 bridgehead atoms. The number of likely N-dealkylation sites (tertiary alicyclic amines) is 1. The molecule has 27 heavy (non-hydrogen) atoms. The minimum absolute atomic E-state index is 0. The first kappa shape index (κ1) is 17.6. The molecule has 1 spiro atoms. The summed E-state index contributed by atoms with van der Waals surface area (Å²) in [4.78, 5) is 35.2. The van der Waals surface area contributed by atoms with Gasteiger partial charge in [0.15, 0.2) is 0 Å². The number of nitrogens with zero attached hydrogens (tertiary/aromatic N) is 3. The number of hydrogen-bond acceptors (Lipinski definition) is 4. The average molecular weight is 366 g/mol. The van der Waals surface area contributed by atoms with Crippen LogP contribution < -0.4 is 5.32 Å². The van der Waals surface area contributed by atoms with E-state index in [0.29, 0.717) is 5.41 Å². The first-order valence-electron chi connectivity index (χ1n) is 9.53. The highest BCUT2D eigenvalue weighted by Crippen LogP contribution is 2.53. The van der Waals surface area contributed by atoms with Crippen LogP contribution in [0.2, 0.25) is 0 Å². The zero-order valence-electron chi connectivity index (χ0n) is 15.5. The van der Waals surface area contributed by atoms with Crippen molar-refractivity contribution in [1.29, 1.82) is 0 Å². The molecule has 1 aliphatic carbocycles. The van der Waals surface area contributed by atoms with Crippen molar-refractivity contribution in [2.45, 2.75) is 38.6 Å². The minimum atomic E-state index is -0.580. The Hall–Kier alpha value is -2.76. The van der Waals surface area contributed by atoms with Gasteiger partial charge in [0.2, 0.25) is 11.7 Å². The van der Waals surface area contributed by atoms with E-state index in [9.17, 15) is 9.59 Å². The van der Waals surface area contributed by atoms with Crippen LogP contribution in [0.1, 0.15) is 44.7 Å². The molecule has 1 aromatic carbocycles. The number of rotatable bonds is 4. The molecular weight excluding hydrogens is 340 g/mol. The van der Waals surface area contributed by atoms with Crippen LogP contribution in [-0.2, 0) is 4.79 Å². The minimum Gasteiger partial charge on any atom is -0.341 e. The van der Waals surface area contributed by atoms with E-state index in [-0.39, 0.29) is 13.2 Å². The average Bonchev–Trinajstić information content (AvgIpc) is 3.47. The number of carbonyl (C=O) groups excluding carboxylic acids is 2. The molecule has 4 rings (SSSR count). The topological polar surface area (TPSA) is 75.2 Å². The monoisotopic (exact) mass is 366 g/mol. The predicted molar refractivity (Wildman–Crippen MR) is 104 cm³/mol. The van der Waals surface area contributed by atoms with Crippen LogP contribution in [-0.4, -0.2) is 45.8 Å². The molecule has 6 heteroatoms. The van der Waals surface area contributed by atoms with Gasteiger partial charge in [0.25, 0.3) is 5.91 Å². The van der Waals surface area contributed by atoms with Crippen molar-refractivity contribution in [2.24, 2.45) is 5.41 Å². The first-order valence-corrected chi connectivity index (χ1v) is 9.53. The number of nitrogens with one attached hydrogen (secondary N) is 1. The molecule has 1 saturated heterocycles. The quantitative estimate of drug-likeness (QED) is 0.903. The smallest absolute Gasteiger partial charge is 0.289 e. The molecule has 1 saturated carbocycles. The fraction of sp³-hybridized carbons (Fsp3) is 0.429. The molecule has 2 fully saturated rings. The molecule has 1 aromatic heterocycles. The van der Waals surface area contributed by atoms with Crippen molar-refractivity contribution < 1.29 is 11.0 Å². The highest BCUT2D eigenvalue weighted by Gasteiger charge is 2.45. The molecular formula is C21H26N4O2. The van der Waals surface area contributed by atoms with Crippen molar-refractivity contribution in [3.05, 3.63) is 48.5 Å². The van der Waals surface area contributed by atoms with E-state index in [0.717, 1.165) is 37.1 Å². The van der Waals surface area contributed by atoms with Gasteiger partial charge in [0.1, 0.15) is 6.04 Å². The lowest BCUT2D eigenvalue weighted by atomic mass is 9.93. The summed E-state index contributed by atoms with van der Waals surface area (Å²) in [7, 11) is 0.